The van der Waals surface area contributed by atoms with Gasteiger partial charge in [-0.1, -0.05) is 30.0 Å². The van der Waals surface area contributed by atoms with Gasteiger partial charge in [-0.3, -0.25) is 0 Å². The number of anilines is 2. The van der Waals surface area contributed by atoms with Crippen molar-refractivity contribution in [3.63, 3.8) is 0 Å². The monoisotopic (exact) mass is 281 g/mol. The first-order chi connectivity index (χ1) is 8.81. The Labute approximate surface area is 115 Å². The molecule has 18 heavy (non-hydrogen) atoms. The van der Waals surface area contributed by atoms with Crippen molar-refractivity contribution in [2.24, 2.45) is 0 Å². The topological polar surface area (TPSA) is 47.0 Å². The first kappa shape index (κ1) is 13.2. The molecular weight excluding hydrogens is 266 g/mol. The van der Waals surface area contributed by atoms with Gasteiger partial charge in [-0.15, -0.1) is 10.2 Å². The maximum Gasteiger partial charge on any atom is 0.210 e. The molecule has 0 aliphatic carbocycles. The van der Waals surface area contributed by atoms with E-state index in [4.69, 9.17) is 4.74 Å². The van der Waals surface area contributed by atoms with E-state index < -0.39 is 0 Å². The fourth-order valence-electron chi connectivity index (χ4n) is 1.31. The third-order valence-electron chi connectivity index (χ3n) is 2.18. The molecule has 0 amide bonds. The highest BCUT2D eigenvalue weighted by Crippen LogP contribution is 2.28. The fraction of sp³-hybridized carbons (Fsp3) is 0.333. The van der Waals surface area contributed by atoms with E-state index in [0.29, 0.717) is 0 Å². The van der Waals surface area contributed by atoms with Crippen LogP contribution in [0, 0.1) is 0 Å². The first-order valence-electron chi connectivity index (χ1n) is 5.69. The van der Waals surface area contributed by atoms with Crippen LogP contribution in [0.2, 0.25) is 0 Å². The minimum atomic E-state index is 0.818. The van der Waals surface area contributed by atoms with Crippen LogP contribution in [0.15, 0.2) is 28.6 Å². The molecule has 1 aromatic carbocycles. The number of ether oxygens (including phenoxy) is 1. The van der Waals surface area contributed by atoms with Gasteiger partial charge >= 0.3 is 0 Å². The smallest absolute Gasteiger partial charge is 0.210 e. The van der Waals surface area contributed by atoms with E-state index in [-0.39, 0.29) is 0 Å². The maximum atomic E-state index is 5.11. The average Bonchev–Trinajstić information content (AvgIpc) is 2.85. The SMILES string of the molecule is CCCSc1nnc(Nc2ccc(OC)cc2)s1. The summed E-state index contributed by atoms with van der Waals surface area (Å²) in [6.07, 6.45) is 1.14. The van der Waals surface area contributed by atoms with Gasteiger partial charge in [0.05, 0.1) is 7.11 Å². The van der Waals surface area contributed by atoms with Crippen LogP contribution in [0.4, 0.5) is 10.8 Å². The molecular formula is C12H15N3OS2. The molecule has 0 saturated heterocycles. The van der Waals surface area contributed by atoms with Crippen LogP contribution < -0.4 is 10.1 Å². The summed E-state index contributed by atoms with van der Waals surface area (Å²) in [5.41, 5.74) is 0.985. The Bertz CT molecular complexity index is 484. The molecule has 2 rings (SSSR count). The van der Waals surface area contributed by atoms with Crippen molar-refractivity contribution in [1.29, 1.82) is 0 Å². The van der Waals surface area contributed by atoms with Gasteiger partial charge in [-0.2, -0.15) is 0 Å². The number of methoxy groups -OCH3 is 1. The van der Waals surface area contributed by atoms with Crippen LogP contribution in [-0.4, -0.2) is 23.1 Å². The predicted octanol–water partition coefficient (Wildman–Crippen LogP) is 3.79. The average molecular weight is 281 g/mol. The number of rotatable bonds is 6. The molecule has 1 aromatic heterocycles. The molecule has 6 heteroatoms. The lowest BCUT2D eigenvalue weighted by Gasteiger charge is -2.03. The molecule has 1 heterocycles. The minimum Gasteiger partial charge on any atom is -0.497 e. The van der Waals surface area contributed by atoms with Crippen LogP contribution in [-0.2, 0) is 0 Å². The molecule has 0 saturated carbocycles. The molecule has 2 aromatic rings. The number of aromatic nitrogens is 2. The molecule has 0 radical (unpaired) electrons. The van der Waals surface area contributed by atoms with Crippen LogP contribution in [0.25, 0.3) is 0 Å². The molecule has 0 spiro atoms. The summed E-state index contributed by atoms with van der Waals surface area (Å²) in [5, 5.41) is 12.3. The van der Waals surface area contributed by atoms with E-state index in [0.717, 1.165) is 33.1 Å². The second-order valence-corrected chi connectivity index (χ2v) is 5.89. The van der Waals surface area contributed by atoms with Crippen LogP contribution >= 0.6 is 23.1 Å². The Kier molecular flexibility index (Phi) is 4.83. The highest BCUT2D eigenvalue weighted by atomic mass is 32.2. The standard InChI is InChI=1S/C12H15N3OS2/c1-3-8-17-12-15-14-11(18-12)13-9-4-6-10(16-2)7-5-9/h4-7H,3,8H2,1-2H3,(H,13,14). The van der Waals surface area contributed by atoms with E-state index in [2.05, 4.69) is 22.4 Å². The summed E-state index contributed by atoms with van der Waals surface area (Å²) < 4.78 is 6.12. The van der Waals surface area contributed by atoms with Gasteiger partial charge in [0.25, 0.3) is 0 Å². The highest BCUT2D eigenvalue weighted by Gasteiger charge is 2.04. The molecule has 0 aliphatic rings. The summed E-state index contributed by atoms with van der Waals surface area (Å²) in [6.45, 7) is 2.16. The summed E-state index contributed by atoms with van der Waals surface area (Å²) >= 11 is 3.32. The van der Waals surface area contributed by atoms with E-state index in [9.17, 15) is 0 Å². The zero-order chi connectivity index (χ0) is 12.8. The Morgan fingerprint density at radius 2 is 2.06 bits per heavy atom. The molecule has 96 valence electrons. The van der Waals surface area contributed by atoms with Crippen LogP contribution in [0.3, 0.4) is 0 Å². The van der Waals surface area contributed by atoms with Crippen molar-refractivity contribution < 1.29 is 4.74 Å². The summed E-state index contributed by atoms with van der Waals surface area (Å²) in [5.74, 6) is 1.92. The molecule has 1 N–H and O–H groups in total. The number of nitrogens with zero attached hydrogens (tertiary/aromatic N) is 2. The van der Waals surface area contributed by atoms with E-state index in [1.54, 1.807) is 30.2 Å². The van der Waals surface area contributed by atoms with Crippen molar-refractivity contribution in [2.75, 3.05) is 18.2 Å². The summed E-state index contributed by atoms with van der Waals surface area (Å²) in [7, 11) is 1.66. The second kappa shape index (κ2) is 6.61. The number of benzene rings is 1. The van der Waals surface area contributed by atoms with Gasteiger partial charge in [0.2, 0.25) is 5.13 Å². The Hall–Kier alpha value is -1.27. The fourth-order valence-corrected chi connectivity index (χ4v) is 3.00. The van der Waals surface area contributed by atoms with E-state index in [1.807, 2.05) is 24.3 Å². The zero-order valence-corrected chi connectivity index (χ0v) is 12.0. The quantitative estimate of drug-likeness (QED) is 0.816. The predicted molar refractivity (Wildman–Crippen MR) is 77.2 cm³/mol. The number of hydrogen-bond acceptors (Lipinski definition) is 6. The third-order valence-corrected chi connectivity index (χ3v) is 4.36. The largest absolute Gasteiger partial charge is 0.497 e. The molecule has 0 atom stereocenters. The molecule has 4 nitrogen and oxygen atoms in total. The van der Waals surface area contributed by atoms with Crippen molar-refractivity contribution in [3.8, 4) is 5.75 Å². The van der Waals surface area contributed by atoms with Crippen molar-refractivity contribution >= 4 is 33.9 Å². The van der Waals surface area contributed by atoms with Gasteiger partial charge < -0.3 is 10.1 Å². The van der Waals surface area contributed by atoms with Crippen molar-refractivity contribution in [2.45, 2.75) is 17.7 Å². The lowest BCUT2D eigenvalue weighted by molar-refractivity contribution is 0.415. The molecule has 0 aliphatic heterocycles. The van der Waals surface area contributed by atoms with Gasteiger partial charge in [0.15, 0.2) is 4.34 Å². The number of thioether (sulfide) groups is 1. The number of hydrogen-bond donors (Lipinski definition) is 1. The third kappa shape index (κ3) is 3.61. The minimum absolute atomic E-state index is 0.818. The van der Waals surface area contributed by atoms with Gasteiger partial charge in [-0.25, -0.2) is 0 Å². The van der Waals surface area contributed by atoms with E-state index in [1.165, 1.54) is 0 Å². The van der Waals surface area contributed by atoms with Gasteiger partial charge in [0.1, 0.15) is 5.75 Å². The Morgan fingerprint density at radius 3 is 2.72 bits per heavy atom. The Morgan fingerprint density at radius 1 is 1.28 bits per heavy atom. The van der Waals surface area contributed by atoms with Crippen molar-refractivity contribution in [1.82, 2.24) is 10.2 Å². The normalized spacial score (nSPS) is 10.3. The lowest BCUT2D eigenvalue weighted by Crippen LogP contribution is -1.89. The first-order valence-corrected chi connectivity index (χ1v) is 7.49. The summed E-state index contributed by atoms with van der Waals surface area (Å²) in [4.78, 5) is 0. The van der Waals surface area contributed by atoms with Crippen molar-refractivity contribution in [3.05, 3.63) is 24.3 Å². The lowest BCUT2D eigenvalue weighted by atomic mass is 10.3. The molecule has 0 fully saturated rings. The van der Waals surface area contributed by atoms with Gasteiger partial charge in [0, 0.05) is 11.4 Å². The van der Waals surface area contributed by atoms with Crippen LogP contribution in [0.5, 0.6) is 5.75 Å². The molecule has 0 unspecified atom stereocenters. The summed E-state index contributed by atoms with van der Waals surface area (Å²) in [6, 6.07) is 7.74. The number of nitrogens with one attached hydrogen (secondary N) is 1. The van der Waals surface area contributed by atoms with Gasteiger partial charge in [-0.05, 0) is 30.7 Å². The maximum absolute atomic E-state index is 5.11. The Balaban J connectivity index is 1.97. The highest BCUT2D eigenvalue weighted by molar-refractivity contribution is 8.01. The molecule has 0 bridgehead atoms. The zero-order valence-electron chi connectivity index (χ0n) is 10.3. The van der Waals surface area contributed by atoms with Crippen LogP contribution in [0.1, 0.15) is 13.3 Å². The van der Waals surface area contributed by atoms with E-state index >= 15 is 0 Å². The second-order valence-electron chi connectivity index (χ2n) is 3.58.